The minimum Gasteiger partial charge on any atom is -0.506 e. The number of aromatic hydroxyl groups is 1. The number of carbonyl (C=O) groups is 1. The Bertz CT molecular complexity index is 896. The first-order valence-corrected chi connectivity index (χ1v) is 7.97. The van der Waals surface area contributed by atoms with Gasteiger partial charge in [0.2, 0.25) is 0 Å². The van der Waals surface area contributed by atoms with E-state index in [-0.39, 0.29) is 17.3 Å². The van der Waals surface area contributed by atoms with Crippen LogP contribution in [0.4, 0.5) is 11.4 Å². The van der Waals surface area contributed by atoms with Crippen LogP contribution < -0.4 is 5.32 Å². The number of nitrogens with zero attached hydrogens (tertiary/aromatic N) is 2. The van der Waals surface area contributed by atoms with Crippen molar-refractivity contribution in [3.8, 4) is 5.75 Å². The standard InChI is InChI=1S/C16H10ClN3O3S/c17-10-3-1-2-4-11(10)18-16-19-15(22)14(24-16)8-9-5-6-13(21)12(7-9)20-23/h1-8,21H,(H,18,19,22)/b14-8-. The topological polar surface area (TPSA) is 91.1 Å². The van der Waals surface area contributed by atoms with Gasteiger partial charge >= 0.3 is 0 Å². The summed E-state index contributed by atoms with van der Waals surface area (Å²) in [6.07, 6.45) is 1.59. The fourth-order valence-corrected chi connectivity index (χ4v) is 3.00. The largest absolute Gasteiger partial charge is 0.506 e. The number of aliphatic imine (C=N–C) groups is 1. The molecule has 1 amide bonds. The molecule has 1 aliphatic heterocycles. The molecule has 6 nitrogen and oxygen atoms in total. The molecule has 0 unspecified atom stereocenters. The fourth-order valence-electron chi connectivity index (χ4n) is 1.99. The number of thioether (sulfide) groups is 1. The summed E-state index contributed by atoms with van der Waals surface area (Å²) >= 11 is 7.20. The number of phenols is 1. The van der Waals surface area contributed by atoms with E-state index in [4.69, 9.17) is 11.6 Å². The first-order valence-electron chi connectivity index (χ1n) is 6.77. The van der Waals surface area contributed by atoms with Gasteiger partial charge < -0.3 is 10.4 Å². The van der Waals surface area contributed by atoms with Crippen LogP contribution in [-0.2, 0) is 4.79 Å². The molecule has 0 aliphatic carbocycles. The van der Waals surface area contributed by atoms with Gasteiger partial charge in [0.15, 0.2) is 5.17 Å². The molecule has 8 heteroatoms. The van der Waals surface area contributed by atoms with Crippen molar-refractivity contribution < 1.29 is 9.90 Å². The van der Waals surface area contributed by atoms with Crippen LogP contribution in [0.25, 0.3) is 6.08 Å². The normalized spacial score (nSPS) is 17.3. The molecule has 2 aromatic carbocycles. The lowest BCUT2D eigenvalue weighted by molar-refractivity contribution is -0.115. The van der Waals surface area contributed by atoms with Gasteiger partial charge in [-0.05, 0) is 52.8 Å². The molecule has 0 bridgehead atoms. The van der Waals surface area contributed by atoms with Crippen molar-refractivity contribution in [3.05, 3.63) is 62.9 Å². The lowest BCUT2D eigenvalue weighted by atomic mass is 10.1. The Balaban J connectivity index is 1.87. The summed E-state index contributed by atoms with van der Waals surface area (Å²) in [5.74, 6) is -0.517. The van der Waals surface area contributed by atoms with Gasteiger partial charge in [-0.1, -0.05) is 29.8 Å². The number of benzene rings is 2. The fraction of sp³-hybridized carbons (Fsp3) is 0. The molecule has 1 aliphatic rings. The number of carbonyl (C=O) groups excluding carboxylic acids is 1. The molecular formula is C16H10ClN3O3S. The SMILES string of the molecule is O=Nc1cc(/C=C2\SC(=Nc3ccccc3Cl)NC2=O)ccc1O. The number of amides is 1. The maximum atomic E-state index is 12.0. The zero-order valence-electron chi connectivity index (χ0n) is 12.1. The third kappa shape index (κ3) is 3.47. The Morgan fingerprint density at radius 3 is 2.71 bits per heavy atom. The zero-order valence-corrected chi connectivity index (χ0v) is 13.6. The zero-order chi connectivity index (χ0) is 17.1. The summed E-state index contributed by atoms with van der Waals surface area (Å²) in [4.78, 5) is 27.4. The van der Waals surface area contributed by atoms with Crippen LogP contribution in [0, 0.1) is 4.91 Å². The second-order valence-electron chi connectivity index (χ2n) is 4.77. The highest BCUT2D eigenvalue weighted by Crippen LogP contribution is 2.32. The number of amidine groups is 1. The van der Waals surface area contributed by atoms with Gasteiger partial charge in [-0.15, -0.1) is 4.91 Å². The van der Waals surface area contributed by atoms with Crippen molar-refractivity contribution in [1.29, 1.82) is 0 Å². The van der Waals surface area contributed by atoms with Gasteiger partial charge in [-0.2, -0.15) is 0 Å². The summed E-state index contributed by atoms with van der Waals surface area (Å²) in [5.41, 5.74) is 1.04. The van der Waals surface area contributed by atoms with Crippen molar-refractivity contribution in [2.45, 2.75) is 0 Å². The molecule has 3 rings (SSSR count). The minimum absolute atomic E-state index is 0.0855. The van der Waals surface area contributed by atoms with E-state index in [9.17, 15) is 14.8 Å². The van der Waals surface area contributed by atoms with Gasteiger partial charge in [0.05, 0.1) is 15.6 Å². The monoisotopic (exact) mass is 359 g/mol. The molecular weight excluding hydrogens is 350 g/mol. The predicted octanol–water partition coefficient (Wildman–Crippen LogP) is 4.34. The first kappa shape index (κ1) is 16.2. The van der Waals surface area contributed by atoms with E-state index in [1.165, 1.54) is 12.1 Å². The number of hydrogen-bond donors (Lipinski definition) is 2. The van der Waals surface area contributed by atoms with Gasteiger partial charge in [0.1, 0.15) is 11.4 Å². The van der Waals surface area contributed by atoms with Gasteiger partial charge in [-0.3, -0.25) is 4.79 Å². The molecule has 1 fully saturated rings. The van der Waals surface area contributed by atoms with Crippen LogP contribution in [0.5, 0.6) is 5.75 Å². The van der Waals surface area contributed by atoms with Crippen molar-refractivity contribution in [2.75, 3.05) is 0 Å². The average molecular weight is 360 g/mol. The molecule has 0 aromatic heterocycles. The Morgan fingerprint density at radius 2 is 1.96 bits per heavy atom. The van der Waals surface area contributed by atoms with Crippen LogP contribution in [-0.4, -0.2) is 16.2 Å². The van der Waals surface area contributed by atoms with Crippen molar-refractivity contribution in [2.24, 2.45) is 10.2 Å². The molecule has 0 saturated carbocycles. The molecule has 1 saturated heterocycles. The van der Waals surface area contributed by atoms with E-state index >= 15 is 0 Å². The molecule has 2 N–H and O–H groups in total. The summed E-state index contributed by atoms with van der Waals surface area (Å²) in [6, 6.07) is 11.4. The van der Waals surface area contributed by atoms with E-state index in [1.54, 1.807) is 36.4 Å². The van der Waals surface area contributed by atoms with Crippen molar-refractivity contribution in [1.82, 2.24) is 5.32 Å². The average Bonchev–Trinajstić information content (AvgIpc) is 2.91. The summed E-state index contributed by atoms with van der Waals surface area (Å²) in [5, 5.41) is 15.7. The number of phenolic OH excluding ortho intramolecular Hbond substituents is 1. The highest BCUT2D eigenvalue weighted by Gasteiger charge is 2.24. The number of nitrogens with one attached hydrogen (secondary N) is 1. The maximum absolute atomic E-state index is 12.0. The molecule has 0 radical (unpaired) electrons. The number of halogens is 1. The summed E-state index contributed by atoms with van der Waals surface area (Å²) in [6.45, 7) is 0. The predicted molar refractivity (Wildman–Crippen MR) is 95.8 cm³/mol. The van der Waals surface area contributed by atoms with Gasteiger partial charge in [0, 0.05) is 0 Å². The van der Waals surface area contributed by atoms with E-state index in [0.717, 1.165) is 11.8 Å². The third-order valence-corrected chi connectivity index (χ3v) is 4.35. The molecule has 1 heterocycles. The van der Waals surface area contributed by atoms with Crippen molar-refractivity contribution >= 4 is 51.9 Å². The number of rotatable bonds is 3. The molecule has 0 spiro atoms. The van der Waals surface area contributed by atoms with E-state index in [1.807, 2.05) is 0 Å². The second kappa shape index (κ2) is 6.86. The number of nitroso groups, excluding NO2 is 1. The first-order chi connectivity index (χ1) is 11.6. The van der Waals surface area contributed by atoms with Crippen LogP contribution in [0.15, 0.2) is 57.5 Å². The molecule has 120 valence electrons. The second-order valence-corrected chi connectivity index (χ2v) is 6.21. The quantitative estimate of drug-likeness (QED) is 0.630. The van der Waals surface area contributed by atoms with Crippen LogP contribution in [0.3, 0.4) is 0 Å². The van der Waals surface area contributed by atoms with E-state index < -0.39 is 0 Å². The maximum Gasteiger partial charge on any atom is 0.264 e. The Kier molecular flexibility index (Phi) is 4.64. The lowest BCUT2D eigenvalue weighted by Gasteiger charge is -1.99. The lowest BCUT2D eigenvalue weighted by Crippen LogP contribution is -2.19. The van der Waals surface area contributed by atoms with Crippen molar-refractivity contribution in [3.63, 3.8) is 0 Å². The third-order valence-electron chi connectivity index (χ3n) is 3.12. The smallest absolute Gasteiger partial charge is 0.264 e. The molecule has 24 heavy (non-hydrogen) atoms. The molecule has 0 atom stereocenters. The Labute approximate surface area is 146 Å². The molecule has 2 aromatic rings. The van der Waals surface area contributed by atoms with Crippen LogP contribution in [0.2, 0.25) is 5.02 Å². The van der Waals surface area contributed by atoms with Crippen LogP contribution >= 0.6 is 23.4 Å². The summed E-state index contributed by atoms with van der Waals surface area (Å²) < 4.78 is 0. The Morgan fingerprint density at radius 1 is 1.17 bits per heavy atom. The highest BCUT2D eigenvalue weighted by molar-refractivity contribution is 8.18. The van der Waals surface area contributed by atoms with Gasteiger partial charge in [-0.25, -0.2) is 4.99 Å². The minimum atomic E-state index is -0.306. The number of para-hydroxylation sites is 1. The van der Waals surface area contributed by atoms with Crippen LogP contribution in [0.1, 0.15) is 5.56 Å². The van der Waals surface area contributed by atoms with Gasteiger partial charge in [0.25, 0.3) is 5.91 Å². The highest BCUT2D eigenvalue weighted by atomic mass is 35.5. The Hall–Kier alpha value is -2.64. The van der Waals surface area contributed by atoms with E-state index in [2.05, 4.69) is 15.5 Å². The number of hydrogen-bond acceptors (Lipinski definition) is 6. The van der Waals surface area contributed by atoms with E-state index in [0.29, 0.717) is 26.3 Å². The summed E-state index contributed by atoms with van der Waals surface area (Å²) in [7, 11) is 0.